The maximum absolute atomic E-state index is 8.94. The van der Waals surface area contributed by atoms with Crippen molar-refractivity contribution in [2.24, 2.45) is 23.7 Å². The Balaban J connectivity index is 2.39. The molecule has 1 aliphatic rings. The van der Waals surface area contributed by atoms with Crippen LogP contribution in [0.1, 0.15) is 52.9 Å². The molecular formula is C13H26O. The molecule has 0 radical (unpaired) electrons. The highest BCUT2D eigenvalue weighted by Gasteiger charge is 2.27. The normalized spacial score (nSPS) is 30.6. The number of rotatable bonds is 4. The summed E-state index contributed by atoms with van der Waals surface area (Å²) in [4.78, 5) is 0. The van der Waals surface area contributed by atoms with Crippen molar-refractivity contribution < 1.29 is 5.11 Å². The first kappa shape index (κ1) is 12.0. The molecule has 0 spiro atoms. The summed E-state index contributed by atoms with van der Waals surface area (Å²) in [5.41, 5.74) is 0. The van der Waals surface area contributed by atoms with Gasteiger partial charge in [0.25, 0.3) is 0 Å². The maximum atomic E-state index is 8.94. The first-order valence-electron chi connectivity index (χ1n) is 6.26. The van der Waals surface area contributed by atoms with Gasteiger partial charge in [-0.2, -0.15) is 0 Å². The van der Waals surface area contributed by atoms with Crippen molar-refractivity contribution in [2.75, 3.05) is 6.61 Å². The van der Waals surface area contributed by atoms with Gasteiger partial charge < -0.3 is 5.11 Å². The zero-order valence-electron chi connectivity index (χ0n) is 10.00. The van der Waals surface area contributed by atoms with Crippen LogP contribution >= 0.6 is 0 Å². The second kappa shape index (κ2) is 5.75. The molecule has 1 N–H and O–H groups in total. The van der Waals surface area contributed by atoms with Crippen molar-refractivity contribution in [2.45, 2.75) is 52.9 Å². The molecule has 1 fully saturated rings. The van der Waals surface area contributed by atoms with Crippen LogP contribution in [0.5, 0.6) is 0 Å². The molecule has 0 saturated heterocycles. The van der Waals surface area contributed by atoms with Gasteiger partial charge in [-0.25, -0.2) is 0 Å². The van der Waals surface area contributed by atoms with Gasteiger partial charge >= 0.3 is 0 Å². The molecule has 0 aromatic rings. The third-order valence-electron chi connectivity index (χ3n) is 4.09. The summed E-state index contributed by atoms with van der Waals surface area (Å²) in [7, 11) is 0. The topological polar surface area (TPSA) is 20.2 Å². The van der Waals surface area contributed by atoms with E-state index in [-0.39, 0.29) is 0 Å². The minimum Gasteiger partial charge on any atom is -0.396 e. The molecule has 0 aromatic carbocycles. The van der Waals surface area contributed by atoms with Crippen LogP contribution in [0.4, 0.5) is 0 Å². The van der Waals surface area contributed by atoms with Crippen LogP contribution in [0.25, 0.3) is 0 Å². The highest BCUT2D eigenvalue weighted by molar-refractivity contribution is 4.78. The molecule has 1 heteroatoms. The summed E-state index contributed by atoms with van der Waals surface area (Å²) in [5, 5.41) is 8.94. The van der Waals surface area contributed by atoms with Gasteiger partial charge in [0.15, 0.2) is 0 Å². The Bertz CT molecular complexity index is 153. The number of aliphatic hydroxyl groups excluding tert-OH is 1. The molecule has 3 unspecified atom stereocenters. The van der Waals surface area contributed by atoms with Gasteiger partial charge in [-0.15, -0.1) is 0 Å². The van der Waals surface area contributed by atoms with Crippen molar-refractivity contribution in [1.29, 1.82) is 0 Å². The third kappa shape index (κ3) is 3.27. The van der Waals surface area contributed by atoms with Crippen LogP contribution in [-0.2, 0) is 0 Å². The minimum atomic E-state index is 0.365. The van der Waals surface area contributed by atoms with Gasteiger partial charge in [0, 0.05) is 6.61 Å². The van der Waals surface area contributed by atoms with Crippen LogP contribution in [0, 0.1) is 23.7 Å². The predicted molar refractivity (Wildman–Crippen MR) is 61.2 cm³/mol. The van der Waals surface area contributed by atoms with Crippen LogP contribution in [0.2, 0.25) is 0 Å². The second-order valence-electron chi connectivity index (χ2n) is 5.42. The molecule has 0 aromatic heterocycles. The lowest BCUT2D eigenvalue weighted by molar-refractivity contribution is 0.147. The third-order valence-corrected chi connectivity index (χ3v) is 4.09. The zero-order chi connectivity index (χ0) is 10.6. The standard InChI is InChI=1S/C13H26O/c1-10(2)12-5-4-6-13(9-12)11(3)7-8-14/h10-14H,4-9H2,1-3H3. The molecule has 0 amide bonds. The van der Waals surface area contributed by atoms with Crippen molar-refractivity contribution in [3.05, 3.63) is 0 Å². The van der Waals surface area contributed by atoms with Crippen LogP contribution in [0.3, 0.4) is 0 Å². The molecule has 0 heterocycles. The Morgan fingerprint density at radius 2 is 1.79 bits per heavy atom. The molecule has 3 atom stereocenters. The Morgan fingerprint density at radius 1 is 1.14 bits per heavy atom. The summed E-state index contributed by atoms with van der Waals surface area (Å²) in [5.74, 6) is 3.39. The molecule has 14 heavy (non-hydrogen) atoms. The van der Waals surface area contributed by atoms with Gasteiger partial charge in [0.1, 0.15) is 0 Å². The summed E-state index contributed by atoms with van der Waals surface area (Å²) in [6.45, 7) is 7.38. The van der Waals surface area contributed by atoms with Crippen molar-refractivity contribution in [3.8, 4) is 0 Å². The highest BCUT2D eigenvalue weighted by Crippen LogP contribution is 2.37. The number of hydrogen-bond acceptors (Lipinski definition) is 1. The van der Waals surface area contributed by atoms with E-state index in [1.165, 1.54) is 25.7 Å². The SMILES string of the molecule is CC(C)C1CCCC(C(C)CCO)C1. The van der Waals surface area contributed by atoms with Crippen LogP contribution in [-0.4, -0.2) is 11.7 Å². The summed E-state index contributed by atoms with van der Waals surface area (Å²) >= 11 is 0. The second-order valence-corrected chi connectivity index (χ2v) is 5.42. The smallest absolute Gasteiger partial charge is 0.0433 e. The van der Waals surface area contributed by atoms with Gasteiger partial charge in [-0.3, -0.25) is 0 Å². The molecule has 1 rings (SSSR count). The average molecular weight is 198 g/mol. The lowest BCUT2D eigenvalue weighted by Gasteiger charge is -2.34. The highest BCUT2D eigenvalue weighted by atomic mass is 16.3. The Morgan fingerprint density at radius 3 is 2.36 bits per heavy atom. The quantitative estimate of drug-likeness (QED) is 0.733. The van der Waals surface area contributed by atoms with E-state index in [0.29, 0.717) is 6.61 Å². The van der Waals surface area contributed by atoms with E-state index in [9.17, 15) is 0 Å². The average Bonchev–Trinajstić information content (AvgIpc) is 2.18. The molecule has 1 saturated carbocycles. The van der Waals surface area contributed by atoms with Gasteiger partial charge in [0.05, 0.1) is 0 Å². The molecular weight excluding hydrogens is 172 g/mol. The van der Waals surface area contributed by atoms with Crippen LogP contribution in [0.15, 0.2) is 0 Å². The summed E-state index contributed by atoms with van der Waals surface area (Å²) in [6, 6.07) is 0. The van der Waals surface area contributed by atoms with E-state index in [4.69, 9.17) is 5.11 Å². The van der Waals surface area contributed by atoms with Gasteiger partial charge in [-0.05, 0) is 36.5 Å². The molecule has 0 bridgehead atoms. The fourth-order valence-corrected chi connectivity index (χ4v) is 2.83. The van der Waals surface area contributed by atoms with E-state index < -0.39 is 0 Å². The summed E-state index contributed by atoms with van der Waals surface area (Å²) < 4.78 is 0. The zero-order valence-corrected chi connectivity index (χ0v) is 10.00. The molecule has 0 aliphatic heterocycles. The Hall–Kier alpha value is -0.0400. The van der Waals surface area contributed by atoms with Crippen molar-refractivity contribution in [3.63, 3.8) is 0 Å². The minimum absolute atomic E-state index is 0.365. The fourth-order valence-electron chi connectivity index (χ4n) is 2.83. The fraction of sp³-hybridized carbons (Fsp3) is 1.00. The van der Waals surface area contributed by atoms with E-state index in [2.05, 4.69) is 20.8 Å². The lowest BCUT2D eigenvalue weighted by atomic mass is 9.71. The van der Waals surface area contributed by atoms with E-state index in [1.807, 2.05) is 0 Å². The van der Waals surface area contributed by atoms with Crippen molar-refractivity contribution >= 4 is 0 Å². The number of aliphatic hydroxyl groups is 1. The first-order chi connectivity index (χ1) is 6.65. The van der Waals surface area contributed by atoms with E-state index >= 15 is 0 Å². The molecule has 1 aliphatic carbocycles. The van der Waals surface area contributed by atoms with Crippen LogP contribution < -0.4 is 0 Å². The maximum Gasteiger partial charge on any atom is 0.0433 e. The Labute approximate surface area is 88.9 Å². The first-order valence-corrected chi connectivity index (χ1v) is 6.26. The summed E-state index contributed by atoms with van der Waals surface area (Å²) in [6.07, 6.45) is 6.63. The largest absolute Gasteiger partial charge is 0.396 e. The van der Waals surface area contributed by atoms with Gasteiger partial charge in [0.2, 0.25) is 0 Å². The number of hydrogen-bond donors (Lipinski definition) is 1. The molecule has 84 valence electrons. The van der Waals surface area contributed by atoms with Crippen molar-refractivity contribution in [1.82, 2.24) is 0 Å². The van der Waals surface area contributed by atoms with E-state index in [1.54, 1.807) is 0 Å². The monoisotopic (exact) mass is 198 g/mol. The predicted octanol–water partition coefficient (Wildman–Crippen LogP) is 3.47. The van der Waals surface area contributed by atoms with Gasteiger partial charge in [-0.1, -0.05) is 40.0 Å². The molecule has 1 nitrogen and oxygen atoms in total. The lowest BCUT2D eigenvalue weighted by Crippen LogP contribution is -2.24. The van der Waals surface area contributed by atoms with E-state index in [0.717, 1.165) is 30.1 Å². The Kier molecular flexibility index (Phi) is 4.94.